The van der Waals surface area contributed by atoms with Gasteiger partial charge in [0, 0.05) is 0 Å². The van der Waals surface area contributed by atoms with Gasteiger partial charge in [0.2, 0.25) is 0 Å². The molecule has 31 heavy (non-hydrogen) atoms. The number of fused-ring (bicyclic) bond motifs is 2. The van der Waals surface area contributed by atoms with E-state index in [0.29, 0.717) is 25.6 Å². The molecule has 1 N–H and O–H groups in total. The standard InChI is InChI=1S/C24H24N2O4S/c1-17(29-15-14-28-13-12-27)30-22-8-4-2-6-19(22)25-18-10-11-21-24(16-18)31-23-9-5-3-7-20(23)26-21/h2-11,16-17,27H,12-15H2,1H3. The first-order valence-electron chi connectivity index (χ1n) is 10.1. The third-order valence-corrected chi connectivity index (χ3v) is 5.61. The maximum Gasteiger partial charge on any atom is 0.197 e. The fraction of sp³-hybridized carbons (Fsp3) is 0.250. The maximum absolute atomic E-state index is 8.72. The van der Waals surface area contributed by atoms with E-state index in [4.69, 9.17) is 29.3 Å². The van der Waals surface area contributed by atoms with Gasteiger partial charge in [0.1, 0.15) is 11.4 Å². The number of hydrogen-bond donors (Lipinski definition) is 1. The van der Waals surface area contributed by atoms with Crippen LogP contribution in [0.5, 0.6) is 5.75 Å². The minimum Gasteiger partial charge on any atom is -0.463 e. The molecule has 2 aromatic rings. The molecule has 0 saturated heterocycles. The number of rotatable bonds is 9. The lowest BCUT2D eigenvalue weighted by molar-refractivity contribution is -0.0844. The van der Waals surface area contributed by atoms with Crippen molar-refractivity contribution in [2.24, 2.45) is 4.99 Å². The van der Waals surface area contributed by atoms with Crippen molar-refractivity contribution in [3.63, 3.8) is 0 Å². The highest BCUT2D eigenvalue weighted by atomic mass is 32.1. The van der Waals surface area contributed by atoms with E-state index in [-0.39, 0.29) is 6.61 Å². The van der Waals surface area contributed by atoms with Gasteiger partial charge in [-0.3, -0.25) is 0 Å². The Morgan fingerprint density at radius 3 is 2.74 bits per heavy atom. The molecule has 7 heteroatoms. The van der Waals surface area contributed by atoms with Crippen molar-refractivity contribution in [2.75, 3.05) is 26.4 Å². The highest BCUT2D eigenvalue weighted by Crippen LogP contribution is 2.30. The van der Waals surface area contributed by atoms with Crippen LogP contribution in [0, 0.1) is 0 Å². The van der Waals surface area contributed by atoms with E-state index in [2.05, 4.69) is 12.1 Å². The first-order chi connectivity index (χ1) is 15.2. The molecule has 1 heterocycles. The summed E-state index contributed by atoms with van der Waals surface area (Å²) in [6.07, 6.45) is -0.455. The second-order valence-corrected chi connectivity index (χ2v) is 7.89. The Balaban J connectivity index is 1.54. The van der Waals surface area contributed by atoms with Crippen LogP contribution in [0.25, 0.3) is 20.8 Å². The van der Waals surface area contributed by atoms with E-state index >= 15 is 0 Å². The smallest absolute Gasteiger partial charge is 0.197 e. The summed E-state index contributed by atoms with van der Waals surface area (Å²) >= 11 is 1.70. The van der Waals surface area contributed by atoms with E-state index in [1.165, 1.54) is 0 Å². The molecule has 160 valence electrons. The van der Waals surface area contributed by atoms with Crippen molar-refractivity contribution < 1.29 is 19.3 Å². The first kappa shape index (κ1) is 21.4. The molecule has 0 saturated carbocycles. The maximum atomic E-state index is 8.72. The Labute approximate surface area is 184 Å². The topological polar surface area (TPSA) is 73.2 Å². The second-order valence-electron chi connectivity index (χ2n) is 6.81. The van der Waals surface area contributed by atoms with Gasteiger partial charge in [-0.15, -0.1) is 11.3 Å². The molecule has 0 spiro atoms. The average molecular weight is 437 g/mol. The number of aliphatic hydroxyl groups excluding tert-OH is 1. The number of nitrogens with zero attached hydrogens (tertiary/aromatic N) is 2. The third kappa shape index (κ3) is 5.65. The molecule has 0 fully saturated rings. The van der Waals surface area contributed by atoms with E-state index in [1.54, 1.807) is 11.3 Å². The summed E-state index contributed by atoms with van der Waals surface area (Å²) in [7, 11) is 0. The number of aliphatic hydroxyl groups is 1. The summed E-state index contributed by atoms with van der Waals surface area (Å²) in [6, 6.07) is 21.8. The molecule has 0 radical (unpaired) electrons. The summed E-state index contributed by atoms with van der Waals surface area (Å²) in [5, 5.41) is 9.56. The van der Waals surface area contributed by atoms with Crippen molar-refractivity contribution >= 4 is 27.2 Å². The minimum absolute atomic E-state index is 0.00272. The highest BCUT2D eigenvalue weighted by molar-refractivity contribution is 7.21. The third-order valence-electron chi connectivity index (χ3n) is 4.49. The van der Waals surface area contributed by atoms with Crippen LogP contribution in [0.1, 0.15) is 6.92 Å². The molecule has 1 atom stereocenters. The van der Waals surface area contributed by atoms with Crippen molar-refractivity contribution in [1.82, 2.24) is 4.98 Å². The summed E-state index contributed by atoms with van der Waals surface area (Å²) in [5.41, 5.74) is 2.68. The van der Waals surface area contributed by atoms with Crippen LogP contribution in [-0.4, -0.2) is 42.8 Å². The Hall–Kier alpha value is -2.84. The molecule has 0 aromatic heterocycles. The van der Waals surface area contributed by atoms with E-state index in [1.807, 2.05) is 61.5 Å². The van der Waals surface area contributed by atoms with Crippen LogP contribution in [0.15, 0.2) is 71.7 Å². The Kier molecular flexibility index (Phi) is 7.22. The van der Waals surface area contributed by atoms with Gasteiger partial charge in [0.15, 0.2) is 6.29 Å². The first-order valence-corrected chi connectivity index (χ1v) is 10.9. The zero-order valence-corrected chi connectivity index (χ0v) is 18.0. The fourth-order valence-electron chi connectivity index (χ4n) is 3.07. The Morgan fingerprint density at radius 2 is 1.84 bits per heavy atom. The lowest BCUT2D eigenvalue weighted by atomic mass is 10.2. The molecular formula is C24H24N2O4S. The lowest BCUT2D eigenvalue weighted by Crippen LogP contribution is -2.19. The molecule has 4 rings (SSSR count). The van der Waals surface area contributed by atoms with E-state index in [0.717, 1.165) is 31.8 Å². The van der Waals surface area contributed by atoms with Crippen LogP contribution >= 0.6 is 11.3 Å². The lowest BCUT2D eigenvalue weighted by Gasteiger charge is -2.16. The van der Waals surface area contributed by atoms with Crippen molar-refractivity contribution in [2.45, 2.75) is 13.2 Å². The molecule has 2 aliphatic rings. The normalized spacial score (nSPS) is 13.0. The SMILES string of the molecule is CC(OCCOCCO)Oc1ccccc1N=c1ccc2nc3ccccc3sc-2c1. The average Bonchev–Trinajstić information content (AvgIpc) is 2.79. The van der Waals surface area contributed by atoms with Gasteiger partial charge in [-0.05, 0) is 49.4 Å². The highest BCUT2D eigenvalue weighted by Gasteiger charge is 2.09. The largest absolute Gasteiger partial charge is 0.463 e. The number of ether oxygens (including phenoxy) is 3. The zero-order valence-electron chi connectivity index (χ0n) is 17.2. The van der Waals surface area contributed by atoms with Crippen LogP contribution in [-0.2, 0) is 9.47 Å². The van der Waals surface area contributed by atoms with Gasteiger partial charge in [-0.1, -0.05) is 24.3 Å². The van der Waals surface area contributed by atoms with Gasteiger partial charge in [-0.25, -0.2) is 9.98 Å². The van der Waals surface area contributed by atoms with Gasteiger partial charge >= 0.3 is 0 Å². The summed E-state index contributed by atoms with van der Waals surface area (Å²) in [5.74, 6) is 0.645. The molecule has 1 aliphatic heterocycles. The van der Waals surface area contributed by atoms with Crippen LogP contribution in [0.4, 0.5) is 5.69 Å². The van der Waals surface area contributed by atoms with E-state index in [9.17, 15) is 0 Å². The summed E-state index contributed by atoms with van der Waals surface area (Å²) < 4.78 is 17.9. The second kappa shape index (κ2) is 10.5. The molecule has 1 aliphatic carbocycles. The van der Waals surface area contributed by atoms with Crippen molar-refractivity contribution in [3.05, 3.63) is 72.1 Å². The Morgan fingerprint density at radius 1 is 1.00 bits per heavy atom. The van der Waals surface area contributed by atoms with E-state index < -0.39 is 6.29 Å². The number of hydrogen-bond acceptors (Lipinski definition) is 7. The Bertz CT molecular complexity index is 1180. The number of benzene rings is 3. The van der Waals surface area contributed by atoms with Gasteiger partial charge < -0.3 is 19.3 Å². The predicted octanol–water partition coefficient (Wildman–Crippen LogP) is 4.38. The number of para-hydroxylation sites is 3. The predicted molar refractivity (Wildman–Crippen MR) is 122 cm³/mol. The van der Waals surface area contributed by atoms with Gasteiger partial charge in [-0.2, -0.15) is 0 Å². The summed E-state index contributed by atoms with van der Waals surface area (Å²) in [6.45, 7) is 2.92. The molecule has 2 aromatic carbocycles. The quantitative estimate of drug-likeness (QED) is 0.239. The van der Waals surface area contributed by atoms with Gasteiger partial charge in [0.25, 0.3) is 0 Å². The molecular weight excluding hydrogens is 412 g/mol. The van der Waals surface area contributed by atoms with Crippen LogP contribution in [0.2, 0.25) is 0 Å². The molecule has 0 amide bonds. The van der Waals surface area contributed by atoms with Crippen LogP contribution < -0.4 is 10.1 Å². The zero-order chi connectivity index (χ0) is 21.5. The molecule has 6 nitrogen and oxygen atoms in total. The molecule has 0 bridgehead atoms. The fourth-order valence-corrected chi connectivity index (χ4v) is 4.07. The van der Waals surface area contributed by atoms with Gasteiger partial charge in [0.05, 0.1) is 52.6 Å². The molecule has 1 unspecified atom stereocenters. The van der Waals surface area contributed by atoms with Crippen molar-refractivity contribution in [1.29, 1.82) is 0 Å². The van der Waals surface area contributed by atoms with Crippen LogP contribution in [0.3, 0.4) is 0 Å². The number of aromatic nitrogens is 1. The van der Waals surface area contributed by atoms with Crippen molar-refractivity contribution in [3.8, 4) is 16.3 Å². The monoisotopic (exact) mass is 436 g/mol. The summed E-state index contributed by atoms with van der Waals surface area (Å²) in [4.78, 5) is 10.6. The minimum atomic E-state index is -0.455.